The van der Waals surface area contributed by atoms with Gasteiger partial charge in [-0.2, -0.15) is 0 Å². The molecular formula is C29H40N4O3S. The Labute approximate surface area is 221 Å². The first-order chi connectivity index (χ1) is 17.9. The lowest BCUT2D eigenvalue weighted by Crippen LogP contribution is -2.46. The maximum absolute atomic E-state index is 14.0. The number of hydrogen-bond donors (Lipinski definition) is 2. The lowest BCUT2D eigenvalue weighted by molar-refractivity contribution is -0.120. The van der Waals surface area contributed by atoms with Crippen LogP contribution in [0.5, 0.6) is 0 Å². The molecule has 2 fully saturated rings. The third kappa shape index (κ3) is 6.02. The molecule has 2 aromatic rings. The molecule has 1 amide bonds. The number of fused-ring (bicyclic) bond motifs is 1. The maximum atomic E-state index is 14.0. The van der Waals surface area contributed by atoms with E-state index in [0.29, 0.717) is 11.4 Å². The number of rotatable bonds is 7. The predicted octanol–water partition coefficient (Wildman–Crippen LogP) is 4.70. The summed E-state index contributed by atoms with van der Waals surface area (Å²) in [6.45, 7) is 6.50. The number of benzene rings is 2. The van der Waals surface area contributed by atoms with Gasteiger partial charge in [0.2, 0.25) is 15.9 Å². The summed E-state index contributed by atoms with van der Waals surface area (Å²) < 4.78 is 31.0. The summed E-state index contributed by atoms with van der Waals surface area (Å²) in [7, 11) is -3.84. The highest BCUT2D eigenvalue weighted by Crippen LogP contribution is 2.35. The van der Waals surface area contributed by atoms with E-state index in [1.165, 1.54) is 12.0 Å². The maximum Gasteiger partial charge on any atom is 0.243 e. The Morgan fingerprint density at radius 3 is 2.46 bits per heavy atom. The van der Waals surface area contributed by atoms with Gasteiger partial charge in [0.05, 0.1) is 5.69 Å². The van der Waals surface area contributed by atoms with Crippen LogP contribution in [0.4, 0.5) is 11.4 Å². The highest BCUT2D eigenvalue weighted by Gasteiger charge is 2.30. The average molecular weight is 525 g/mol. The molecule has 0 spiro atoms. The highest BCUT2D eigenvalue weighted by atomic mass is 32.2. The van der Waals surface area contributed by atoms with Gasteiger partial charge in [-0.05, 0) is 68.0 Å². The summed E-state index contributed by atoms with van der Waals surface area (Å²) >= 11 is 0. The van der Waals surface area contributed by atoms with Gasteiger partial charge in [-0.1, -0.05) is 50.5 Å². The minimum Gasteiger partial charge on any atom is -0.368 e. The second-order valence-corrected chi connectivity index (χ2v) is 12.4. The van der Waals surface area contributed by atoms with Gasteiger partial charge in [0.15, 0.2) is 0 Å². The van der Waals surface area contributed by atoms with Gasteiger partial charge < -0.3 is 15.1 Å². The molecule has 1 heterocycles. The van der Waals surface area contributed by atoms with Crippen LogP contribution in [-0.2, 0) is 21.2 Å². The van der Waals surface area contributed by atoms with Crippen molar-refractivity contribution in [2.75, 3.05) is 42.9 Å². The zero-order valence-electron chi connectivity index (χ0n) is 21.9. The highest BCUT2D eigenvalue weighted by molar-refractivity contribution is 7.89. The lowest BCUT2D eigenvalue weighted by atomic mass is 9.88. The third-order valence-electron chi connectivity index (χ3n) is 8.32. The number of piperazine rings is 1. The number of carbonyl (C=O) groups is 1. The van der Waals surface area contributed by atoms with Crippen LogP contribution in [0.15, 0.2) is 47.4 Å². The molecule has 2 aliphatic carbocycles. The van der Waals surface area contributed by atoms with Gasteiger partial charge in [0.1, 0.15) is 4.90 Å². The van der Waals surface area contributed by atoms with Crippen molar-refractivity contribution in [1.82, 2.24) is 9.62 Å². The molecule has 1 aliphatic heterocycles. The van der Waals surface area contributed by atoms with E-state index in [1.54, 1.807) is 6.07 Å². The minimum atomic E-state index is -3.84. The average Bonchev–Trinajstić information content (AvgIpc) is 2.93. The van der Waals surface area contributed by atoms with Crippen LogP contribution in [0, 0.1) is 5.92 Å². The van der Waals surface area contributed by atoms with Crippen molar-refractivity contribution in [3.63, 3.8) is 0 Å². The van der Waals surface area contributed by atoms with Crippen molar-refractivity contribution in [1.29, 1.82) is 0 Å². The van der Waals surface area contributed by atoms with Crippen molar-refractivity contribution in [3.05, 3.63) is 53.6 Å². The second kappa shape index (κ2) is 11.5. The number of anilines is 2. The van der Waals surface area contributed by atoms with Crippen molar-refractivity contribution < 1.29 is 13.2 Å². The van der Waals surface area contributed by atoms with E-state index in [4.69, 9.17) is 0 Å². The molecule has 200 valence electrons. The quantitative estimate of drug-likeness (QED) is 0.549. The standard InChI is InChI=1S/C29H40N4O3S/c1-2-32-17-19-33(20-18-32)27-16-15-24(30-29(34)23-10-4-3-5-11-23)21-28(27)37(35,36)31-26-14-8-12-22-9-6-7-13-25(22)26/h6-7,9,13,15-16,21,23,26,31H,2-5,8,10-12,14,17-20H2,1H3,(H,30,34)/t26-/m0/s1. The largest absolute Gasteiger partial charge is 0.368 e. The number of hydrogen-bond acceptors (Lipinski definition) is 5. The molecule has 0 radical (unpaired) electrons. The molecule has 7 nitrogen and oxygen atoms in total. The van der Waals surface area contributed by atoms with Crippen LogP contribution in [0.25, 0.3) is 0 Å². The predicted molar refractivity (Wildman–Crippen MR) is 148 cm³/mol. The van der Waals surface area contributed by atoms with E-state index in [1.807, 2.05) is 30.3 Å². The van der Waals surface area contributed by atoms with Gasteiger partial charge in [0.25, 0.3) is 0 Å². The zero-order valence-corrected chi connectivity index (χ0v) is 22.7. The van der Waals surface area contributed by atoms with Crippen LogP contribution >= 0.6 is 0 Å². The molecule has 8 heteroatoms. The van der Waals surface area contributed by atoms with E-state index in [-0.39, 0.29) is 22.8 Å². The summed E-state index contributed by atoms with van der Waals surface area (Å²) in [6, 6.07) is 13.3. The molecule has 2 N–H and O–H groups in total. The Morgan fingerprint density at radius 2 is 1.70 bits per heavy atom. The van der Waals surface area contributed by atoms with E-state index >= 15 is 0 Å². The van der Waals surface area contributed by atoms with Gasteiger partial charge in [-0.25, -0.2) is 13.1 Å². The van der Waals surface area contributed by atoms with Crippen molar-refractivity contribution >= 4 is 27.3 Å². The molecule has 2 aromatic carbocycles. The summed E-state index contributed by atoms with van der Waals surface area (Å²) in [5.74, 6) is 0.00833. The Bertz CT molecular complexity index is 1200. The third-order valence-corrected chi connectivity index (χ3v) is 9.82. The second-order valence-electron chi connectivity index (χ2n) is 10.7. The van der Waals surface area contributed by atoms with Crippen LogP contribution < -0.4 is 14.9 Å². The number of nitrogens with one attached hydrogen (secondary N) is 2. The number of amides is 1. The van der Waals surface area contributed by atoms with E-state index in [9.17, 15) is 13.2 Å². The fraction of sp³-hybridized carbons (Fsp3) is 0.552. The van der Waals surface area contributed by atoms with E-state index < -0.39 is 10.0 Å². The van der Waals surface area contributed by atoms with Crippen LogP contribution in [-0.4, -0.2) is 51.9 Å². The molecular weight excluding hydrogens is 484 g/mol. The monoisotopic (exact) mass is 524 g/mol. The normalized spacial score (nSPS) is 21.4. The summed E-state index contributed by atoms with van der Waals surface area (Å²) in [4.78, 5) is 17.7. The Kier molecular flexibility index (Phi) is 8.17. The van der Waals surface area contributed by atoms with Crippen molar-refractivity contribution in [2.24, 2.45) is 5.92 Å². The first-order valence-electron chi connectivity index (χ1n) is 14.0. The van der Waals surface area contributed by atoms with Crippen LogP contribution in [0.1, 0.15) is 69.0 Å². The summed E-state index contributed by atoms with van der Waals surface area (Å²) in [5, 5.41) is 3.03. The molecule has 0 unspecified atom stereocenters. The molecule has 1 saturated heterocycles. The summed E-state index contributed by atoms with van der Waals surface area (Å²) in [6.07, 6.45) is 7.84. The summed E-state index contributed by atoms with van der Waals surface area (Å²) in [5.41, 5.74) is 3.54. The van der Waals surface area contributed by atoms with Gasteiger partial charge in [-0.15, -0.1) is 0 Å². The Hall–Kier alpha value is -2.42. The SMILES string of the molecule is CCN1CCN(c2ccc(NC(=O)C3CCCCC3)cc2S(=O)(=O)N[C@H]2CCCc3ccccc32)CC1. The fourth-order valence-electron chi connectivity index (χ4n) is 6.11. The van der Waals surface area contributed by atoms with Crippen molar-refractivity contribution in [2.45, 2.75) is 69.2 Å². The van der Waals surface area contributed by atoms with Gasteiger partial charge in [-0.3, -0.25) is 4.79 Å². The number of sulfonamides is 1. The minimum absolute atomic E-state index is 0.00141. The number of likely N-dealkylation sites (N-methyl/N-ethyl adjacent to an activating group) is 1. The number of carbonyl (C=O) groups excluding carboxylic acids is 1. The molecule has 5 rings (SSSR count). The molecule has 37 heavy (non-hydrogen) atoms. The van der Waals surface area contributed by atoms with E-state index in [0.717, 1.165) is 83.2 Å². The van der Waals surface area contributed by atoms with E-state index in [2.05, 4.69) is 32.8 Å². The molecule has 0 bridgehead atoms. The topological polar surface area (TPSA) is 81.8 Å². The van der Waals surface area contributed by atoms with Crippen LogP contribution in [0.2, 0.25) is 0 Å². The molecule has 1 saturated carbocycles. The fourth-order valence-corrected chi connectivity index (χ4v) is 7.61. The lowest BCUT2D eigenvalue weighted by Gasteiger charge is -2.36. The Morgan fingerprint density at radius 1 is 0.946 bits per heavy atom. The molecule has 3 aliphatic rings. The molecule has 1 atom stereocenters. The van der Waals surface area contributed by atoms with Crippen LogP contribution in [0.3, 0.4) is 0 Å². The number of nitrogens with zero attached hydrogens (tertiary/aromatic N) is 2. The number of aryl methyl sites for hydroxylation is 1. The smallest absolute Gasteiger partial charge is 0.243 e. The Balaban J connectivity index is 1.44. The zero-order chi connectivity index (χ0) is 25.8. The van der Waals surface area contributed by atoms with Gasteiger partial charge in [0, 0.05) is 43.8 Å². The first-order valence-corrected chi connectivity index (χ1v) is 15.5. The van der Waals surface area contributed by atoms with Crippen molar-refractivity contribution in [3.8, 4) is 0 Å². The van der Waals surface area contributed by atoms with Gasteiger partial charge >= 0.3 is 0 Å². The first kappa shape index (κ1) is 26.2. The molecule has 0 aromatic heterocycles.